The van der Waals surface area contributed by atoms with Crippen molar-refractivity contribution in [1.29, 1.82) is 0 Å². The van der Waals surface area contributed by atoms with Crippen LogP contribution in [0.3, 0.4) is 0 Å². The molecule has 1 heterocycles. The van der Waals surface area contributed by atoms with E-state index in [9.17, 15) is 13.2 Å². The molecule has 2 unspecified atom stereocenters. The number of piperidine rings is 1. The molecule has 0 aromatic heterocycles. The molecule has 1 aliphatic heterocycles. The van der Waals surface area contributed by atoms with Crippen LogP contribution >= 0.6 is 0 Å². The molecular weight excluding hydrogens is 246 g/mol. The van der Waals surface area contributed by atoms with Gasteiger partial charge in [-0.2, -0.15) is 4.31 Å². The summed E-state index contributed by atoms with van der Waals surface area (Å²) in [5.41, 5.74) is 0. The van der Waals surface area contributed by atoms with Crippen LogP contribution in [0.2, 0.25) is 0 Å². The van der Waals surface area contributed by atoms with Gasteiger partial charge in [-0.05, 0) is 26.2 Å². The van der Waals surface area contributed by atoms with Gasteiger partial charge in [-0.15, -0.1) is 0 Å². The summed E-state index contributed by atoms with van der Waals surface area (Å²) >= 11 is 0. The topological polar surface area (TPSA) is 83.9 Å². The van der Waals surface area contributed by atoms with E-state index in [4.69, 9.17) is 9.84 Å². The normalized spacial score (nSPS) is 24.5. The van der Waals surface area contributed by atoms with E-state index >= 15 is 0 Å². The summed E-state index contributed by atoms with van der Waals surface area (Å²) in [4.78, 5) is 11.1. The van der Waals surface area contributed by atoms with Gasteiger partial charge >= 0.3 is 5.97 Å². The fourth-order valence-electron chi connectivity index (χ4n) is 2.01. The molecular formula is C10H19NO5S. The first-order valence-corrected chi connectivity index (χ1v) is 7.14. The van der Waals surface area contributed by atoms with E-state index in [1.54, 1.807) is 0 Å². The van der Waals surface area contributed by atoms with E-state index in [1.807, 2.05) is 0 Å². The molecule has 2 atom stereocenters. The average Bonchev–Trinajstić information content (AvgIpc) is 2.29. The van der Waals surface area contributed by atoms with E-state index in [-0.39, 0.29) is 13.2 Å². The fourth-order valence-corrected chi connectivity index (χ4v) is 3.71. The van der Waals surface area contributed by atoms with Gasteiger partial charge in [0.1, 0.15) is 6.04 Å². The lowest BCUT2D eigenvalue weighted by atomic mass is 10.1. The predicted octanol–water partition coefficient (Wildman–Crippen LogP) is 0.290. The van der Waals surface area contributed by atoms with Crippen LogP contribution in [0, 0.1) is 0 Å². The number of sulfonamides is 1. The highest BCUT2D eigenvalue weighted by molar-refractivity contribution is 7.89. The highest BCUT2D eigenvalue weighted by atomic mass is 32.2. The van der Waals surface area contributed by atoms with Crippen LogP contribution in [0.1, 0.15) is 26.2 Å². The van der Waals surface area contributed by atoms with Crippen molar-refractivity contribution in [2.24, 2.45) is 0 Å². The highest BCUT2D eigenvalue weighted by Gasteiger charge is 2.39. The van der Waals surface area contributed by atoms with E-state index < -0.39 is 27.3 Å². The van der Waals surface area contributed by atoms with Gasteiger partial charge in [0.05, 0.1) is 11.9 Å². The number of nitrogens with zero attached hydrogens (tertiary/aromatic N) is 1. The molecule has 1 N–H and O–H groups in total. The maximum Gasteiger partial charge on any atom is 0.322 e. The Morgan fingerprint density at radius 2 is 2.18 bits per heavy atom. The highest BCUT2D eigenvalue weighted by Crippen LogP contribution is 2.23. The molecule has 1 fully saturated rings. The summed E-state index contributed by atoms with van der Waals surface area (Å²) in [6.07, 6.45) is 1.85. The number of ether oxygens (including phenoxy) is 1. The Balaban J connectivity index is 2.91. The van der Waals surface area contributed by atoms with Crippen molar-refractivity contribution in [3.63, 3.8) is 0 Å². The largest absolute Gasteiger partial charge is 0.480 e. The number of carbonyl (C=O) groups is 1. The predicted molar refractivity (Wildman–Crippen MR) is 62.2 cm³/mol. The van der Waals surface area contributed by atoms with Gasteiger partial charge in [0.25, 0.3) is 0 Å². The minimum atomic E-state index is -3.59. The molecule has 7 heteroatoms. The van der Waals surface area contributed by atoms with Crippen LogP contribution < -0.4 is 0 Å². The minimum absolute atomic E-state index is 0.0746. The smallest absolute Gasteiger partial charge is 0.322 e. The summed E-state index contributed by atoms with van der Waals surface area (Å²) in [6.45, 7) is 1.89. The Bertz CT molecular complexity index is 367. The lowest BCUT2D eigenvalue weighted by Gasteiger charge is -2.33. The van der Waals surface area contributed by atoms with E-state index in [0.717, 1.165) is 10.7 Å². The fraction of sp³-hybridized carbons (Fsp3) is 0.900. The lowest BCUT2D eigenvalue weighted by Crippen LogP contribution is -2.51. The standard InChI is InChI=1S/C10H19NO5S/c1-8(7-16-2)17(14,15)11-6-4-3-5-9(11)10(12)13/h8-9H,3-7H2,1-2H3,(H,12,13). The molecule has 0 spiro atoms. The second-order valence-electron chi connectivity index (χ2n) is 4.27. The number of hydrogen-bond donors (Lipinski definition) is 1. The van der Waals surface area contributed by atoms with Gasteiger partial charge < -0.3 is 9.84 Å². The van der Waals surface area contributed by atoms with Crippen molar-refractivity contribution in [2.45, 2.75) is 37.5 Å². The molecule has 0 aromatic rings. The summed E-state index contributed by atoms with van der Waals surface area (Å²) in [7, 11) is -2.16. The van der Waals surface area contributed by atoms with E-state index in [2.05, 4.69) is 0 Å². The van der Waals surface area contributed by atoms with Crippen LogP contribution in [-0.4, -0.2) is 55.4 Å². The lowest BCUT2D eigenvalue weighted by molar-refractivity contribution is -0.142. The number of methoxy groups -OCH3 is 1. The van der Waals surface area contributed by atoms with Crippen LogP contribution in [-0.2, 0) is 19.6 Å². The zero-order valence-electron chi connectivity index (χ0n) is 10.1. The van der Waals surface area contributed by atoms with Gasteiger partial charge in [-0.3, -0.25) is 4.79 Å². The first kappa shape index (κ1) is 14.4. The van der Waals surface area contributed by atoms with Gasteiger partial charge in [-0.25, -0.2) is 8.42 Å². The third-order valence-corrected chi connectivity index (χ3v) is 5.22. The molecule has 0 aromatic carbocycles. The molecule has 6 nitrogen and oxygen atoms in total. The Morgan fingerprint density at radius 1 is 1.53 bits per heavy atom. The molecule has 0 aliphatic carbocycles. The number of rotatable bonds is 5. The van der Waals surface area contributed by atoms with Gasteiger partial charge in [-0.1, -0.05) is 0 Å². The quantitative estimate of drug-likeness (QED) is 0.772. The molecule has 100 valence electrons. The minimum Gasteiger partial charge on any atom is -0.480 e. The summed E-state index contributed by atoms with van der Waals surface area (Å²) in [5.74, 6) is -1.07. The third-order valence-electron chi connectivity index (χ3n) is 2.98. The maximum absolute atomic E-state index is 12.2. The van der Waals surface area contributed by atoms with Crippen LogP contribution in [0.4, 0.5) is 0 Å². The van der Waals surface area contributed by atoms with Crippen LogP contribution in [0.5, 0.6) is 0 Å². The first-order valence-electron chi connectivity index (χ1n) is 5.63. The van der Waals surface area contributed by atoms with Gasteiger partial charge in [0, 0.05) is 13.7 Å². The van der Waals surface area contributed by atoms with Crippen molar-refractivity contribution in [3.05, 3.63) is 0 Å². The van der Waals surface area contributed by atoms with Crippen molar-refractivity contribution < 1.29 is 23.1 Å². The maximum atomic E-state index is 12.2. The van der Waals surface area contributed by atoms with Crippen LogP contribution in [0.15, 0.2) is 0 Å². The zero-order chi connectivity index (χ0) is 13.1. The monoisotopic (exact) mass is 265 g/mol. The molecule has 0 amide bonds. The second kappa shape index (κ2) is 5.79. The number of carboxylic acids is 1. The van der Waals surface area contributed by atoms with Gasteiger partial charge in [0.2, 0.25) is 10.0 Å². The molecule has 17 heavy (non-hydrogen) atoms. The summed E-state index contributed by atoms with van der Waals surface area (Å²) in [5, 5.41) is 8.33. The van der Waals surface area contributed by atoms with E-state index in [0.29, 0.717) is 12.8 Å². The first-order chi connectivity index (χ1) is 7.91. The molecule has 0 saturated carbocycles. The Morgan fingerprint density at radius 3 is 2.71 bits per heavy atom. The summed E-state index contributed by atoms with van der Waals surface area (Å²) in [6, 6.07) is -0.923. The summed E-state index contributed by atoms with van der Waals surface area (Å²) < 4.78 is 30.3. The van der Waals surface area contributed by atoms with Crippen molar-refractivity contribution in [1.82, 2.24) is 4.31 Å². The SMILES string of the molecule is COCC(C)S(=O)(=O)N1CCCCC1C(=O)O. The van der Waals surface area contributed by atoms with Gasteiger partial charge in [0.15, 0.2) is 0 Å². The zero-order valence-corrected chi connectivity index (χ0v) is 10.9. The molecule has 0 radical (unpaired) electrons. The van der Waals surface area contributed by atoms with Crippen molar-refractivity contribution in [3.8, 4) is 0 Å². The van der Waals surface area contributed by atoms with Crippen molar-refractivity contribution in [2.75, 3.05) is 20.3 Å². The molecule has 1 saturated heterocycles. The Labute approximate surface area is 102 Å². The van der Waals surface area contributed by atoms with E-state index in [1.165, 1.54) is 14.0 Å². The molecule has 0 bridgehead atoms. The number of carboxylic acid groups (broad SMARTS) is 1. The van der Waals surface area contributed by atoms with Crippen molar-refractivity contribution >= 4 is 16.0 Å². The average molecular weight is 265 g/mol. The Kier molecular flexibility index (Phi) is 4.91. The van der Waals surface area contributed by atoms with Crippen LogP contribution in [0.25, 0.3) is 0 Å². The molecule has 1 rings (SSSR count). The third kappa shape index (κ3) is 3.17. The number of aliphatic carboxylic acids is 1. The molecule has 1 aliphatic rings. The Hall–Kier alpha value is -0.660. The number of hydrogen-bond acceptors (Lipinski definition) is 4. The second-order valence-corrected chi connectivity index (χ2v) is 6.58.